The molecule has 2 aromatic heterocycles. The molecule has 0 bridgehead atoms. The zero-order valence-electron chi connectivity index (χ0n) is 11.6. The zero-order chi connectivity index (χ0) is 14.8. The van der Waals surface area contributed by atoms with Gasteiger partial charge in [-0.25, -0.2) is 0 Å². The van der Waals surface area contributed by atoms with Crippen LogP contribution >= 0.6 is 22.9 Å². The predicted octanol–water partition coefficient (Wildman–Crippen LogP) is 5.03. The first-order valence-corrected chi connectivity index (χ1v) is 8.61. The highest BCUT2D eigenvalue weighted by Gasteiger charge is 2.13. The van der Waals surface area contributed by atoms with Crippen molar-refractivity contribution in [2.45, 2.75) is 0 Å². The SMILES string of the molecule is [Al][n]1c2ccccc2c2cc3c(cc21)c1ccccc1n3I. The van der Waals surface area contributed by atoms with E-state index >= 15 is 0 Å². The largest absolute Gasteiger partial charge is 0.452 e. The number of benzene rings is 3. The third-order valence-electron chi connectivity index (χ3n) is 4.44. The molecule has 102 valence electrons. The number of rotatable bonds is 0. The molecule has 0 spiro atoms. The first kappa shape index (κ1) is 13.0. The predicted molar refractivity (Wildman–Crippen MR) is 103 cm³/mol. The smallest absolute Gasteiger partial charge is 0.318 e. The number of halogens is 1. The summed E-state index contributed by atoms with van der Waals surface area (Å²) in [5, 5.41) is 5.22. The van der Waals surface area contributed by atoms with Crippen LogP contribution in [0, 0.1) is 0 Å². The summed E-state index contributed by atoms with van der Waals surface area (Å²) in [4.78, 5) is 0. The maximum atomic E-state index is 2.85. The lowest BCUT2D eigenvalue weighted by Gasteiger charge is -2.00. The van der Waals surface area contributed by atoms with Crippen molar-refractivity contribution in [3.05, 3.63) is 60.7 Å². The first-order chi connectivity index (χ1) is 10.8. The minimum absolute atomic E-state index is 1.25. The molecule has 5 aromatic rings. The Morgan fingerprint density at radius 3 is 1.95 bits per heavy atom. The van der Waals surface area contributed by atoms with Crippen molar-refractivity contribution >= 4 is 83.0 Å². The lowest BCUT2D eigenvalue weighted by molar-refractivity contribution is 1.40. The Morgan fingerprint density at radius 1 is 0.636 bits per heavy atom. The number of hydrogen-bond acceptors (Lipinski definition) is 0. The molecule has 0 fully saturated rings. The van der Waals surface area contributed by atoms with Crippen LogP contribution in [0.1, 0.15) is 0 Å². The van der Waals surface area contributed by atoms with Gasteiger partial charge in [-0.05, 0) is 24.3 Å². The van der Waals surface area contributed by atoms with Crippen LogP contribution in [0.2, 0.25) is 0 Å². The van der Waals surface area contributed by atoms with Gasteiger partial charge in [0.25, 0.3) is 0 Å². The molecule has 2 nitrogen and oxygen atoms in total. The fourth-order valence-electron chi connectivity index (χ4n) is 3.41. The molecule has 2 radical (unpaired) electrons. The quantitative estimate of drug-likeness (QED) is 0.251. The van der Waals surface area contributed by atoms with E-state index in [4.69, 9.17) is 0 Å². The minimum atomic E-state index is 1.25. The van der Waals surface area contributed by atoms with Gasteiger partial charge in [0.05, 0.1) is 33.9 Å². The molecule has 0 unspecified atom stereocenters. The van der Waals surface area contributed by atoms with Crippen LogP contribution in [0.4, 0.5) is 0 Å². The van der Waals surface area contributed by atoms with Gasteiger partial charge in [0, 0.05) is 32.6 Å². The molecule has 0 aliphatic rings. The number of fused-ring (bicyclic) bond motifs is 6. The third kappa shape index (κ3) is 1.55. The van der Waals surface area contributed by atoms with Crippen LogP contribution in [0.3, 0.4) is 0 Å². The number of aromatic nitrogens is 2. The van der Waals surface area contributed by atoms with E-state index in [-0.39, 0.29) is 0 Å². The molecule has 0 atom stereocenters. The number of nitrogens with zero attached hydrogens (tertiary/aromatic N) is 2. The molecule has 0 amide bonds. The fraction of sp³-hybridized carbons (Fsp3) is 0. The molecule has 2 heterocycles. The summed E-state index contributed by atoms with van der Waals surface area (Å²) in [6, 6.07) is 21.8. The highest BCUT2D eigenvalue weighted by molar-refractivity contribution is 14.1. The van der Waals surface area contributed by atoms with Crippen LogP contribution < -0.4 is 0 Å². The van der Waals surface area contributed by atoms with Crippen molar-refractivity contribution in [3.8, 4) is 0 Å². The lowest BCUT2D eigenvalue weighted by atomic mass is 10.1. The molecule has 0 N–H and O–H groups in total. The second-order valence-electron chi connectivity index (χ2n) is 5.57. The molecule has 0 aliphatic carbocycles. The Labute approximate surface area is 149 Å². The maximum Gasteiger partial charge on any atom is 0.318 e. The van der Waals surface area contributed by atoms with Crippen LogP contribution in [-0.4, -0.2) is 22.8 Å². The van der Waals surface area contributed by atoms with Crippen molar-refractivity contribution in [2.24, 2.45) is 0 Å². The molecule has 0 saturated carbocycles. The van der Waals surface area contributed by atoms with E-state index in [1.807, 2.05) is 0 Å². The zero-order valence-corrected chi connectivity index (χ0v) is 14.9. The van der Waals surface area contributed by atoms with Gasteiger partial charge < -0.3 is 3.55 Å². The summed E-state index contributed by atoms with van der Waals surface area (Å²) in [5.41, 5.74) is 5.05. The van der Waals surface area contributed by atoms with Gasteiger partial charge >= 0.3 is 16.5 Å². The molecule has 22 heavy (non-hydrogen) atoms. The molecule has 4 heteroatoms. The fourth-order valence-corrected chi connectivity index (χ4v) is 4.67. The second kappa shape index (κ2) is 4.51. The highest BCUT2D eigenvalue weighted by atomic mass is 127. The number of hydrogen-bond donors (Lipinski definition) is 0. The van der Waals surface area contributed by atoms with Crippen LogP contribution in [-0.2, 0) is 0 Å². The Balaban J connectivity index is 2.10. The van der Waals surface area contributed by atoms with Gasteiger partial charge in [-0.3, -0.25) is 2.78 Å². The van der Waals surface area contributed by atoms with Gasteiger partial charge in [-0.1, -0.05) is 36.4 Å². The van der Waals surface area contributed by atoms with Gasteiger partial charge in [0.15, 0.2) is 0 Å². The van der Waals surface area contributed by atoms with E-state index < -0.39 is 0 Å². The first-order valence-electron chi connectivity index (χ1n) is 7.13. The van der Waals surface area contributed by atoms with E-state index in [1.54, 1.807) is 0 Å². The average Bonchev–Trinajstić information content (AvgIpc) is 3.01. The standard InChI is InChI=1S/C18H10IN2.Al/c19-21-17-8-4-2-6-12(17)14-9-16-13(10-18(14)21)11-5-1-3-7-15(11)20-16;/h1-10H;/q-1;+1. The van der Waals surface area contributed by atoms with Crippen molar-refractivity contribution in [1.29, 1.82) is 0 Å². The van der Waals surface area contributed by atoms with Crippen molar-refractivity contribution < 1.29 is 0 Å². The van der Waals surface area contributed by atoms with Crippen LogP contribution in [0.15, 0.2) is 60.7 Å². The number of para-hydroxylation sites is 2. The molecule has 3 aromatic carbocycles. The summed E-state index contributed by atoms with van der Waals surface area (Å²) < 4.78 is 4.47. The van der Waals surface area contributed by atoms with E-state index in [0.29, 0.717) is 0 Å². The second-order valence-corrected chi connectivity index (χ2v) is 7.05. The van der Waals surface area contributed by atoms with Crippen LogP contribution in [0.25, 0.3) is 43.6 Å². The molecular formula is C18H10AlIN2. The normalized spacial score (nSPS) is 12.0. The van der Waals surface area contributed by atoms with Gasteiger partial charge in [-0.15, -0.1) is 0 Å². The molecule has 0 saturated heterocycles. The Hall–Kier alpha value is -1.48. The Bertz CT molecular complexity index is 1100. The Kier molecular flexibility index (Phi) is 2.67. The summed E-state index contributed by atoms with van der Waals surface area (Å²) in [6.07, 6.45) is 0. The maximum absolute atomic E-state index is 2.85. The Morgan fingerprint density at radius 2 is 1.18 bits per heavy atom. The van der Waals surface area contributed by atoms with Crippen molar-refractivity contribution in [2.75, 3.05) is 0 Å². The summed E-state index contributed by atoms with van der Waals surface area (Å²) in [5.74, 6) is 0. The van der Waals surface area contributed by atoms with E-state index in [1.165, 1.54) is 43.6 Å². The molecule has 5 rings (SSSR count). The topological polar surface area (TPSA) is 9.86 Å². The summed E-state index contributed by atoms with van der Waals surface area (Å²) in [6.45, 7) is 0. The lowest BCUT2D eigenvalue weighted by Crippen LogP contribution is -1.89. The van der Waals surface area contributed by atoms with E-state index in [9.17, 15) is 0 Å². The summed E-state index contributed by atoms with van der Waals surface area (Å²) in [7, 11) is 0. The van der Waals surface area contributed by atoms with Crippen molar-refractivity contribution in [3.63, 3.8) is 0 Å². The van der Waals surface area contributed by atoms with Crippen LogP contribution in [0.5, 0.6) is 0 Å². The van der Waals surface area contributed by atoms with E-state index in [2.05, 4.69) is 106 Å². The van der Waals surface area contributed by atoms with Gasteiger partial charge in [0.1, 0.15) is 0 Å². The average molecular weight is 408 g/mol. The molecule has 0 aliphatic heterocycles. The highest BCUT2D eigenvalue weighted by Crippen LogP contribution is 2.36. The monoisotopic (exact) mass is 408 g/mol. The van der Waals surface area contributed by atoms with Gasteiger partial charge in [-0.2, -0.15) is 0 Å². The van der Waals surface area contributed by atoms with Gasteiger partial charge in [0.2, 0.25) is 0 Å². The third-order valence-corrected chi connectivity index (χ3v) is 6.04. The van der Waals surface area contributed by atoms with E-state index in [0.717, 1.165) is 0 Å². The minimum Gasteiger partial charge on any atom is -0.452 e. The summed E-state index contributed by atoms with van der Waals surface area (Å²) >= 11 is 5.25. The van der Waals surface area contributed by atoms with Crippen molar-refractivity contribution in [1.82, 2.24) is 6.33 Å². The molecular weight excluding hydrogens is 398 g/mol.